The fourth-order valence-electron chi connectivity index (χ4n) is 3.62. The Bertz CT molecular complexity index is 967. The molecule has 3 rings (SSSR count). The number of hydrogen-bond acceptors (Lipinski definition) is 4. The molecule has 3 aromatic rings. The van der Waals surface area contributed by atoms with Crippen molar-refractivity contribution >= 4 is 12.6 Å². The molecule has 0 saturated heterocycles. The van der Waals surface area contributed by atoms with E-state index in [1.807, 2.05) is 24.3 Å². The van der Waals surface area contributed by atoms with E-state index in [1.165, 1.54) is 0 Å². The van der Waals surface area contributed by atoms with Gasteiger partial charge in [0.25, 0.3) is 0 Å². The molecule has 0 aliphatic rings. The van der Waals surface area contributed by atoms with Crippen LogP contribution in [-0.4, -0.2) is 12.6 Å². The van der Waals surface area contributed by atoms with E-state index in [1.54, 1.807) is 24.3 Å². The molecule has 0 aromatic heterocycles. The summed E-state index contributed by atoms with van der Waals surface area (Å²) in [5.74, 6) is 1.17. The average Bonchev–Trinajstić information content (AvgIpc) is 2.78. The van der Waals surface area contributed by atoms with Gasteiger partial charge in [0.1, 0.15) is 24.7 Å². The Labute approximate surface area is 177 Å². The van der Waals surface area contributed by atoms with Crippen molar-refractivity contribution in [3.63, 3.8) is 0 Å². The van der Waals surface area contributed by atoms with Crippen LogP contribution in [0.3, 0.4) is 0 Å². The van der Waals surface area contributed by atoms with Gasteiger partial charge in [-0.3, -0.25) is 9.59 Å². The average molecular weight is 402 g/mol. The van der Waals surface area contributed by atoms with Crippen LogP contribution in [-0.2, 0) is 13.2 Å². The highest BCUT2D eigenvalue weighted by Gasteiger charge is 2.16. The third-order valence-electron chi connectivity index (χ3n) is 5.77. The minimum atomic E-state index is 0.388. The number of carbonyl (C=O) groups excluding carboxylic acids is 2. The second-order valence-electron chi connectivity index (χ2n) is 7.35. The van der Waals surface area contributed by atoms with E-state index in [4.69, 9.17) is 9.47 Å². The molecule has 0 saturated carbocycles. The smallest absolute Gasteiger partial charge is 0.153 e. The molecule has 4 nitrogen and oxygen atoms in total. The monoisotopic (exact) mass is 402 g/mol. The number of rotatable bonds is 8. The van der Waals surface area contributed by atoms with Gasteiger partial charge in [-0.25, -0.2) is 0 Å². The van der Waals surface area contributed by atoms with E-state index < -0.39 is 0 Å². The molecule has 30 heavy (non-hydrogen) atoms. The Morgan fingerprint density at radius 2 is 0.933 bits per heavy atom. The first-order chi connectivity index (χ1) is 14.5. The van der Waals surface area contributed by atoms with Crippen LogP contribution in [0, 0.1) is 27.7 Å². The third kappa shape index (κ3) is 4.28. The fraction of sp³-hybridized carbons (Fsp3) is 0.231. The molecule has 0 atom stereocenters. The topological polar surface area (TPSA) is 52.6 Å². The molecule has 3 aromatic carbocycles. The summed E-state index contributed by atoms with van der Waals surface area (Å²) in [5.41, 5.74) is 7.88. The highest BCUT2D eigenvalue weighted by atomic mass is 16.5. The van der Waals surface area contributed by atoms with Gasteiger partial charge in [-0.15, -0.1) is 0 Å². The largest absolute Gasteiger partial charge is 0.488 e. The van der Waals surface area contributed by atoms with Crippen molar-refractivity contribution in [2.45, 2.75) is 40.9 Å². The van der Waals surface area contributed by atoms with Gasteiger partial charge in [0.2, 0.25) is 0 Å². The maximum atomic E-state index is 11.2. The molecule has 0 aliphatic heterocycles. The van der Waals surface area contributed by atoms with Crippen LogP contribution < -0.4 is 9.47 Å². The lowest BCUT2D eigenvalue weighted by Gasteiger charge is -2.21. The molecule has 0 unspecified atom stereocenters. The Balaban J connectivity index is 1.86. The second-order valence-corrected chi connectivity index (χ2v) is 7.35. The van der Waals surface area contributed by atoms with E-state index in [0.717, 1.165) is 46.0 Å². The van der Waals surface area contributed by atoms with Crippen LogP contribution in [0.2, 0.25) is 0 Å². The quantitative estimate of drug-likeness (QED) is 0.453. The first-order valence-corrected chi connectivity index (χ1v) is 9.90. The minimum Gasteiger partial charge on any atom is -0.488 e. The molecular formula is C26H26O4. The Morgan fingerprint density at radius 3 is 1.27 bits per heavy atom. The van der Waals surface area contributed by atoms with Crippen LogP contribution in [0.25, 0.3) is 0 Å². The van der Waals surface area contributed by atoms with Crippen LogP contribution in [0.5, 0.6) is 11.5 Å². The number of para-hydroxylation sites is 2. The van der Waals surface area contributed by atoms with Crippen molar-refractivity contribution in [3.05, 3.63) is 93.0 Å². The molecular weight excluding hydrogens is 376 g/mol. The zero-order valence-corrected chi connectivity index (χ0v) is 17.8. The first kappa shape index (κ1) is 21.3. The molecule has 154 valence electrons. The maximum Gasteiger partial charge on any atom is 0.153 e. The summed E-state index contributed by atoms with van der Waals surface area (Å²) < 4.78 is 12.0. The molecule has 0 spiro atoms. The minimum absolute atomic E-state index is 0.388. The van der Waals surface area contributed by atoms with Crippen LogP contribution in [0.1, 0.15) is 54.1 Å². The van der Waals surface area contributed by atoms with Gasteiger partial charge < -0.3 is 9.47 Å². The number of carbonyl (C=O) groups is 2. The van der Waals surface area contributed by atoms with Crippen LogP contribution in [0.4, 0.5) is 0 Å². The standard InChI is InChI=1S/C26H26O4/c1-17-18(2)24(16-30-26-12-8-6-10-22(26)14-28)20(4)19(3)23(17)15-29-25-11-7-5-9-21(25)13-27/h5-14H,15-16H2,1-4H3. The molecule has 0 N–H and O–H groups in total. The van der Waals surface area contributed by atoms with Crippen LogP contribution in [0.15, 0.2) is 48.5 Å². The van der Waals surface area contributed by atoms with E-state index in [9.17, 15) is 9.59 Å². The summed E-state index contributed by atoms with van der Waals surface area (Å²) in [6.07, 6.45) is 1.62. The maximum absolute atomic E-state index is 11.2. The number of ether oxygens (including phenoxy) is 2. The molecule has 0 radical (unpaired) electrons. The molecule has 0 aliphatic carbocycles. The Kier molecular flexibility index (Phi) is 6.68. The Hall–Kier alpha value is -3.40. The van der Waals surface area contributed by atoms with Crippen molar-refractivity contribution < 1.29 is 19.1 Å². The third-order valence-corrected chi connectivity index (χ3v) is 5.77. The summed E-state index contributed by atoms with van der Waals surface area (Å²) in [5, 5.41) is 0. The highest BCUT2D eigenvalue weighted by Crippen LogP contribution is 2.29. The van der Waals surface area contributed by atoms with Gasteiger partial charge in [-0.1, -0.05) is 24.3 Å². The highest BCUT2D eigenvalue weighted by molar-refractivity contribution is 5.79. The number of hydrogen-bond donors (Lipinski definition) is 0. The van der Waals surface area contributed by atoms with Crippen molar-refractivity contribution in [3.8, 4) is 11.5 Å². The molecule has 0 amide bonds. The molecule has 0 fully saturated rings. The first-order valence-electron chi connectivity index (χ1n) is 9.90. The lowest BCUT2D eigenvalue weighted by Crippen LogP contribution is -2.10. The van der Waals surface area contributed by atoms with Crippen molar-refractivity contribution in [2.75, 3.05) is 0 Å². The summed E-state index contributed by atoms with van der Waals surface area (Å²) in [6, 6.07) is 14.5. The number of aldehydes is 2. The zero-order valence-electron chi connectivity index (χ0n) is 17.8. The van der Waals surface area contributed by atoms with E-state index in [0.29, 0.717) is 35.8 Å². The summed E-state index contributed by atoms with van der Waals surface area (Å²) in [6.45, 7) is 9.09. The van der Waals surface area contributed by atoms with Crippen molar-refractivity contribution in [2.24, 2.45) is 0 Å². The van der Waals surface area contributed by atoms with Gasteiger partial charge in [0.15, 0.2) is 12.6 Å². The van der Waals surface area contributed by atoms with E-state index in [2.05, 4.69) is 27.7 Å². The van der Waals surface area contributed by atoms with E-state index >= 15 is 0 Å². The van der Waals surface area contributed by atoms with Crippen LogP contribution >= 0.6 is 0 Å². The zero-order chi connectivity index (χ0) is 21.7. The summed E-state index contributed by atoms with van der Waals surface area (Å²) >= 11 is 0. The Morgan fingerprint density at radius 1 is 0.600 bits per heavy atom. The summed E-state index contributed by atoms with van der Waals surface area (Å²) in [4.78, 5) is 22.5. The normalized spacial score (nSPS) is 10.5. The predicted molar refractivity (Wildman–Crippen MR) is 118 cm³/mol. The number of benzene rings is 3. The van der Waals surface area contributed by atoms with Gasteiger partial charge in [0, 0.05) is 0 Å². The predicted octanol–water partition coefficient (Wildman–Crippen LogP) is 5.70. The van der Waals surface area contributed by atoms with Gasteiger partial charge in [-0.05, 0) is 85.3 Å². The summed E-state index contributed by atoms with van der Waals surface area (Å²) in [7, 11) is 0. The lowest BCUT2D eigenvalue weighted by molar-refractivity contribution is 0.111. The van der Waals surface area contributed by atoms with Gasteiger partial charge in [0.05, 0.1) is 11.1 Å². The lowest BCUT2D eigenvalue weighted by atomic mass is 9.89. The van der Waals surface area contributed by atoms with E-state index in [-0.39, 0.29) is 0 Å². The fourth-order valence-corrected chi connectivity index (χ4v) is 3.62. The molecule has 0 bridgehead atoms. The second kappa shape index (κ2) is 9.40. The molecule has 4 heteroatoms. The van der Waals surface area contributed by atoms with Crippen molar-refractivity contribution in [1.82, 2.24) is 0 Å². The van der Waals surface area contributed by atoms with Gasteiger partial charge >= 0.3 is 0 Å². The molecule has 0 heterocycles. The SMILES string of the molecule is Cc1c(C)c(COc2ccccc2C=O)c(C)c(C)c1COc1ccccc1C=O. The van der Waals surface area contributed by atoms with Crippen molar-refractivity contribution in [1.29, 1.82) is 0 Å². The van der Waals surface area contributed by atoms with Gasteiger partial charge in [-0.2, -0.15) is 0 Å².